The Bertz CT molecular complexity index is 996. The van der Waals surface area contributed by atoms with Gasteiger partial charge in [-0.1, -0.05) is 0 Å². The second kappa shape index (κ2) is 7.52. The maximum atomic E-state index is 10.8. The van der Waals surface area contributed by atoms with Gasteiger partial charge in [0, 0.05) is 28.6 Å². The van der Waals surface area contributed by atoms with E-state index >= 15 is 0 Å². The van der Waals surface area contributed by atoms with Gasteiger partial charge >= 0.3 is 0 Å². The highest BCUT2D eigenvalue weighted by Gasteiger charge is 2.16. The molecule has 0 saturated heterocycles. The van der Waals surface area contributed by atoms with Gasteiger partial charge in [0.25, 0.3) is 5.69 Å². The SMILES string of the molecule is NN=C(c1cc(Br)c(O)c(Br)c1)c1nc(-c2ccc([N+](=O)[O-])cc2)cs1. The molecular weight excluding hydrogens is 488 g/mol. The van der Waals surface area contributed by atoms with E-state index in [0.717, 1.165) is 5.56 Å². The molecule has 0 spiro atoms. The molecular formula is C16H10Br2N4O3S. The van der Waals surface area contributed by atoms with Crippen molar-refractivity contribution in [3.05, 3.63) is 71.4 Å². The minimum atomic E-state index is -0.448. The molecule has 1 aromatic heterocycles. The van der Waals surface area contributed by atoms with Crippen LogP contribution in [0.2, 0.25) is 0 Å². The monoisotopic (exact) mass is 496 g/mol. The van der Waals surface area contributed by atoms with E-state index in [1.165, 1.54) is 23.5 Å². The van der Waals surface area contributed by atoms with Crippen LogP contribution in [0.1, 0.15) is 10.6 Å². The van der Waals surface area contributed by atoms with Crippen molar-refractivity contribution in [2.75, 3.05) is 0 Å². The molecule has 0 unspecified atom stereocenters. The van der Waals surface area contributed by atoms with E-state index < -0.39 is 4.92 Å². The lowest BCUT2D eigenvalue weighted by Crippen LogP contribution is -2.06. The normalized spacial score (nSPS) is 11.5. The number of halogens is 2. The summed E-state index contributed by atoms with van der Waals surface area (Å²) >= 11 is 7.91. The molecule has 0 aliphatic rings. The van der Waals surface area contributed by atoms with Crippen molar-refractivity contribution in [2.24, 2.45) is 10.9 Å². The molecule has 0 aliphatic heterocycles. The number of hydrogen-bond donors (Lipinski definition) is 2. The summed E-state index contributed by atoms with van der Waals surface area (Å²) in [6, 6.07) is 9.53. The fourth-order valence-electron chi connectivity index (χ4n) is 2.22. The number of thiazole rings is 1. The lowest BCUT2D eigenvalue weighted by Gasteiger charge is -2.06. The van der Waals surface area contributed by atoms with Gasteiger partial charge in [0.05, 0.1) is 19.6 Å². The summed E-state index contributed by atoms with van der Waals surface area (Å²) in [6.45, 7) is 0. The number of aromatic nitrogens is 1. The molecule has 3 rings (SSSR count). The largest absolute Gasteiger partial charge is 0.506 e. The number of aromatic hydroxyl groups is 1. The summed E-state index contributed by atoms with van der Waals surface area (Å²) in [6.07, 6.45) is 0. The van der Waals surface area contributed by atoms with Crippen LogP contribution in [-0.4, -0.2) is 20.7 Å². The van der Waals surface area contributed by atoms with Crippen molar-refractivity contribution in [3.63, 3.8) is 0 Å². The molecule has 0 bridgehead atoms. The van der Waals surface area contributed by atoms with Gasteiger partial charge in [-0.15, -0.1) is 11.3 Å². The Balaban J connectivity index is 1.96. The number of hydrogen-bond acceptors (Lipinski definition) is 7. The number of benzene rings is 2. The fourth-order valence-corrected chi connectivity index (χ4v) is 4.26. The first kappa shape index (κ1) is 18.5. The topological polar surface area (TPSA) is 115 Å². The lowest BCUT2D eigenvalue weighted by atomic mass is 10.1. The van der Waals surface area contributed by atoms with Gasteiger partial charge in [0.1, 0.15) is 16.5 Å². The van der Waals surface area contributed by atoms with Gasteiger partial charge in [-0.3, -0.25) is 10.1 Å². The second-order valence-electron chi connectivity index (χ2n) is 5.11. The van der Waals surface area contributed by atoms with Crippen molar-refractivity contribution < 1.29 is 10.0 Å². The Kier molecular flexibility index (Phi) is 5.35. The third-order valence-corrected chi connectivity index (χ3v) is 5.56. The lowest BCUT2D eigenvalue weighted by molar-refractivity contribution is -0.384. The van der Waals surface area contributed by atoms with Crippen LogP contribution in [0.25, 0.3) is 11.3 Å². The number of nitro benzene ring substituents is 1. The Morgan fingerprint density at radius 1 is 1.23 bits per heavy atom. The highest BCUT2D eigenvalue weighted by Crippen LogP contribution is 2.34. The van der Waals surface area contributed by atoms with Crippen molar-refractivity contribution in [2.45, 2.75) is 0 Å². The van der Waals surface area contributed by atoms with Crippen LogP contribution < -0.4 is 5.84 Å². The molecule has 26 heavy (non-hydrogen) atoms. The average Bonchev–Trinajstić information content (AvgIpc) is 3.10. The minimum Gasteiger partial charge on any atom is -0.506 e. The number of nitrogens with zero attached hydrogens (tertiary/aromatic N) is 3. The predicted octanol–water partition coefficient (Wildman–Crippen LogP) is 4.66. The van der Waals surface area contributed by atoms with Gasteiger partial charge < -0.3 is 10.9 Å². The van der Waals surface area contributed by atoms with Crippen LogP contribution in [-0.2, 0) is 0 Å². The third-order valence-electron chi connectivity index (χ3n) is 3.50. The summed E-state index contributed by atoms with van der Waals surface area (Å²) in [7, 11) is 0. The number of nitrogens with two attached hydrogens (primary N) is 1. The van der Waals surface area contributed by atoms with E-state index in [-0.39, 0.29) is 11.4 Å². The van der Waals surface area contributed by atoms with Gasteiger partial charge in [-0.05, 0) is 56.1 Å². The number of phenolic OH excluding ortho intramolecular Hbond substituents is 1. The molecule has 3 aromatic rings. The first-order chi connectivity index (χ1) is 12.4. The highest BCUT2D eigenvalue weighted by molar-refractivity contribution is 9.11. The summed E-state index contributed by atoms with van der Waals surface area (Å²) < 4.78 is 0.991. The Morgan fingerprint density at radius 2 is 1.85 bits per heavy atom. The quantitative estimate of drug-likeness (QED) is 0.235. The number of hydrazone groups is 1. The summed E-state index contributed by atoms with van der Waals surface area (Å²) in [4.78, 5) is 14.8. The van der Waals surface area contributed by atoms with Crippen molar-refractivity contribution in [1.82, 2.24) is 4.98 Å². The first-order valence-corrected chi connectivity index (χ1v) is 9.54. The molecule has 0 amide bonds. The minimum absolute atomic E-state index is 0.0206. The second-order valence-corrected chi connectivity index (χ2v) is 7.67. The molecule has 0 saturated carbocycles. The highest BCUT2D eigenvalue weighted by atomic mass is 79.9. The average molecular weight is 498 g/mol. The van der Waals surface area contributed by atoms with Crippen LogP contribution in [0, 0.1) is 10.1 Å². The van der Waals surface area contributed by atoms with Gasteiger partial charge in [-0.2, -0.15) is 5.10 Å². The third kappa shape index (κ3) is 3.62. The predicted molar refractivity (Wildman–Crippen MR) is 108 cm³/mol. The molecule has 3 N–H and O–H groups in total. The molecule has 7 nitrogen and oxygen atoms in total. The molecule has 0 fully saturated rings. The summed E-state index contributed by atoms with van der Waals surface area (Å²) in [5.74, 6) is 5.64. The maximum absolute atomic E-state index is 10.8. The molecule has 0 radical (unpaired) electrons. The number of non-ortho nitro benzene ring substituents is 1. The zero-order valence-corrected chi connectivity index (χ0v) is 16.9. The molecule has 2 aromatic carbocycles. The summed E-state index contributed by atoms with van der Waals surface area (Å²) in [5.41, 5.74) is 2.57. The van der Waals surface area contributed by atoms with Crippen molar-refractivity contribution in [3.8, 4) is 17.0 Å². The molecule has 0 atom stereocenters. The number of rotatable bonds is 4. The fraction of sp³-hybridized carbons (Fsp3) is 0. The van der Waals surface area contributed by atoms with Crippen LogP contribution in [0.15, 0.2) is 55.8 Å². The summed E-state index contributed by atoms with van der Waals surface area (Å²) in [5, 5.41) is 26.8. The molecule has 1 heterocycles. The Labute approximate surface area is 168 Å². The molecule has 10 heteroatoms. The maximum Gasteiger partial charge on any atom is 0.269 e. The first-order valence-electron chi connectivity index (χ1n) is 7.07. The number of phenols is 1. The van der Waals surface area contributed by atoms with Crippen molar-refractivity contribution >= 4 is 54.6 Å². The van der Waals surface area contributed by atoms with E-state index in [0.29, 0.717) is 30.9 Å². The van der Waals surface area contributed by atoms with Gasteiger partial charge in [-0.25, -0.2) is 4.98 Å². The molecule has 132 valence electrons. The zero-order chi connectivity index (χ0) is 18.8. The van der Waals surface area contributed by atoms with Crippen LogP contribution in [0.3, 0.4) is 0 Å². The Hall–Kier alpha value is -2.30. The smallest absolute Gasteiger partial charge is 0.269 e. The molecule has 0 aliphatic carbocycles. The van der Waals surface area contributed by atoms with E-state index in [1.54, 1.807) is 24.3 Å². The van der Waals surface area contributed by atoms with E-state index in [9.17, 15) is 15.2 Å². The van der Waals surface area contributed by atoms with Gasteiger partial charge in [0.15, 0.2) is 0 Å². The van der Waals surface area contributed by atoms with Crippen molar-refractivity contribution in [1.29, 1.82) is 0 Å². The van der Waals surface area contributed by atoms with E-state index in [2.05, 4.69) is 41.9 Å². The van der Waals surface area contributed by atoms with Crippen LogP contribution >= 0.6 is 43.2 Å². The van der Waals surface area contributed by atoms with Gasteiger partial charge in [0.2, 0.25) is 0 Å². The van der Waals surface area contributed by atoms with Crippen LogP contribution in [0.4, 0.5) is 5.69 Å². The van der Waals surface area contributed by atoms with Crippen LogP contribution in [0.5, 0.6) is 5.75 Å². The zero-order valence-electron chi connectivity index (χ0n) is 12.9. The van der Waals surface area contributed by atoms with E-state index in [4.69, 9.17) is 5.84 Å². The number of nitro groups is 1. The standard InChI is InChI=1S/C16H10Br2N4O3S/c17-11-5-9(6-12(18)15(11)23)14(21-19)16-20-13(7-26-16)8-1-3-10(4-2-8)22(24)25/h1-7,23H,19H2. The van der Waals surface area contributed by atoms with E-state index in [1.807, 2.05) is 5.38 Å². The Morgan fingerprint density at radius 3 is 2.38 bits per heavy atom.